The first-order valence-electron chi connectivity index (χ1n) is 10.7. The van der Waals surface area contributed by atoms with Gasteiger partial charge in [0.1, 0.15) is 22.9 Å². The van der Waals surface area contributed by atoms with E-state index < -0.39 is 0 Å². The van der Waals surface area contributed by atoms with Gasteiger partial charge in [0.05, 0.1) is 17.3 Å². The van der Waals surface area contributed by atoms with Gasteiger partial charge >= 0.3 is 0 Å². The Morgan fingerprint density at radius 2 is 2.23 bits per heavy atom. The number of rotatable bonds is 3. The summed E-state index contributed by atoms with van der Waals surface area (Å²) in [6.45, 7) is 4.48. The van der Waals surface area contributed by atoms with Gasteiger partial charge in [0.2, 0.25) is 5.91 Å². The van der Waals surface area contributed by atoms with Gasteiger partial charge < -0.3 is 20.1 Å². The standard InChI is InChI=1S/C22H26ClN7O/c1-13-8-17-16(11-30(13)18-9-19(23)28-20-15(18)5-6-25-20)21(27-12-26-17)29-7-3-4-14(10-29)22(31)24-2/h5-6,9,12-14H,3-4,7-8,10-11H2,1-2H3,(H,24,31)(H,25,28). The predicted octanol–water partition coefficient (Wildman–Crippen LogP) is 2.92. The highest BCUT2D eigenvalue weighted by Gasteiger charge is 2.32. The maximum absolute atomic E-state index is 12.2. The second-order valence-electron chi connectivity index (χ2n) is 8.41. The lowest BCUT2D eigenvalue weighted by Gasteiger charge is -2.39. The molecule has 0 radical (unpaired) electrons. The summed E-state index contributed by atoms with van der Waals surface area (Å²) in [7, 11) is 1.70. The molecule has 31 heavy (non-hydrogen) atoms. The zero-order chi connectivity index (χ0) is 21.5. The number of carbonyl (C=O) groups excluding carboxylic acids is 1. The molecule has 0 bridgehead atoms. The summed E-state index contributed by atoms with van der Waals surface area (Å²) in [5.74, 6) is 1.03. The van der Waals surface area contributed by atoms with Crippen LogP contribution in [0.1, 0.15) is 31.0 Å². The molecule has 8 nitrogen and oxygen atoms in total. The largest absolute Gasteiger partial charge is 0.363 e. The minimum Gasteiger partial charge on any atom is -0.363 e. The zero-order valence-electron chi connectivity index (χ0n) is 17.7. The molecule has 1 saturated heterocycles. The monoisotopic (exact) mass is 439 g/mol. The fourth-order valence-corrected chi connectivity index (χ4v) is 5.09. The Hall–Kier alpha value is -2.87. The van der Waals surface area contributed by atoms with E-state index in [2.05, 4.69) is 42.0 Å². The number of halogens is 1. The minimum atomic E-state index is -0.0125. The average Bonchev–Trinajstić information content (AvgIpc) is 3.25. The minimum absolute atomic E-state index is 0.0125. The van der Waals surface area contributed by atoms with Crippen LogP contribution >= 0.6 is 11.6 Å². The van der Waals surface area contributed by atoms with E-state index in [4.69, 9.17) is 11.6 Å². The van der Waals surface area contributed by atoms with Gasteiger partial charge in [-0.15, -0.1) is 0 Å². The number of nitrogens with one attached hydrogen (secondary N) is 2. The van der Waals surface area contributed by atoms with E-state index in [9.17, 15) is 4.79 Å². The molecule has 2 atom stereocenters. The van der Waals surface area contributed by atoms with Crippen molar-refractivity contribution in [3.8, 4) is 0 Å². The van der Waals surface area contributed by atoms with Crippen molar-refractivity contribution < 1.29 is 4.79 Å². The SMILES string of the molecule is CNC(=O)C1CCCN(c2ncnc3c2CN(c2cc(Cl)nc4[nH]ccc24)C(C)C3)C1. The Morgan fingerprint density at radius 3 is 3.06 bits per heavy atom. The molecule has 2 unspecified atom stereocenters. The normalized spacial score (nSPS) is 21.3. The summed E-state index contributed by atoms with van der Waals surface area (Å²) in [5, 5.41) is 4.32. The van der Waals surface area contributed by atoms with Crippen LogP contribution in [0.3, 0.4) is 0 Å². The van der Waals surface area contributed by atoms with Crippen LogP contribution in [0.2, 0.25) is 5.15 Å². The zero-order valence-corrected chi connectivity index (χ0v) is 18.5. The van der Waals surface area contributed by atoms with E-state index >= 15 is 0 Å². The van der Waals surface area contributed by atoms with Gasteiger partial charge in [0.15, 0.2) is 0 Å². The number of nitrogens with zero attached hydrogens (tertiary/aromatic N) is 5. The predicted molar refractivity (Wildman–Crippen MR) is 121 cm³/mol. The maximum Gasteiger partial charge on any atom is 0.224 e. The number of hydrogen-bond acceptors (Lipinski definition) is 6. The first-order valence-corrected chi connectivity index (χ1v) is 11.1. The van der Waals surface area contributed by atoms with E-state index in [-0.39, 0.29) is 17.9 Å². The fraction of sp³-hybridized carbons (Fsp3) is 0.455. The summed E-state index contributed by atoms with van der Waals surface area (Å²) in [6.07, 6.45) is 6.26. The molecule has 3 aromatic rings. The van der Waals surface area contributed by atoms with Gasteiger partial charge in [-0.05, 0) is 31.9 Å². The number of amides is 1. The summed E-state index contributed by atoms with van der Waals surface area (Å²) in [4.78, 5) is 33.7. The molecule has 2 N–H and O–H groups in total. The van der Waals surface area contributed by atoms with Gasteiger partial charge in [-0.1, -0.05) is 11.6 Å². The molecule has 9 heteroatoms. The smallest absolute Gasteiger partial charge is 0.224 e. The number of pyridine rings is 1. The van der Waals surface area contributed by atoms with Crippen molar-refractivity contribution in [1.29, 1.82) is 0 Å². The maximum atomic E-state index is 12.2. The molecule has 1 amide bonds. The van der Waals surface area contributed by atoms with Crippen LogP contribution in [0, 0.1) is 5.92 Å². The van der Waals surface area contributed by atoms with Gasteiger partial charge in [-0.3, -0.25) is 4.79 Å². The lowest BCUT2D eigenvalue weighted by atomic mass is 9.95. The van der Waals surface area contributed by atoms with E-state index in [0.29, 0.717) is 18.2 Å². The molecule has 162 valence electrons. The Kier molecular flexibility index (Phi) is 5.17. The molecule has 5 rings (SSSR count). The lowest BCUT2D eigenvalue weighted by molar-refractivity contribution is -0.124. The Labute approximate surface area is 186 Å². The number of aromatic nitrogens is 4. The summed E-state index contributed by atoms with van der Waals surface area (Å²) < 4.78 is 0. The summed E-state index contributed by atoms with van der Waals surface area (Å²) >= 11 is 6.33. The van der Waals surface area contributed by atoms with Crippen molar-refractivity contribution in [2.45, 2.75) is 38.8 Å². The highest BCUT2D eigenvalue weighted by atomic mass is 35.5. The number of piperidine rings is 1. The van der Waals surface area contributed by atoms with Crippen LogP contribution in [0.25, 0.3) is 11.0 Å². The first kappa shape index (κ1) is 20.1. The van der Waals surface area contributed by atoms with Gasteiger partial charge in [-0.2, -0.15) is 0 Å². The Bertz CT molecular complexity index is 1130. The second kappa shape index (κ2) is 8.00. The number of aromatic amines is 1. The Morgan fingerprint density at radius 1 is 1.35 bits per heavy atom. The van der Waals surface area contributed by atoms with Crippen molar-refractivity contribution in [2.24, 2.45) is 5.92 Å². The van der Waals surface area contributed by atoms with E-state index in [1.165, 1.54) is 0 Å². The highest BCUT2D eigenvalue weighted by Crippen LogP contribution is 2.37. The van der Waals surface area contributed by atoms with Crippen LogP contribution in [0.15, 0.2) is 24.7 Å². The van der Waals surface area contributed by atoms with Crippen LogP contribution in [-0.4, -0.2) is 52.0 Å². The van der Waals surface area contributed by atoms with Crippen LogP contribution in [0.4, 0.5) is 11.5 Å². The number of H-pyrrole nitrogens is 1. The lowest BCUT2D eigenvalue weighted by Crippen LogP contribution is -2.44. The van der Waals surface area contributed by atoms with Crippen molar-refractivity contribution >= 4 is 40.0 Å². The molecule has 2 aliphatic rings. The molecular weight excluding hydrogens is 414 g/mol. The second-order valence-corrected chi connectivity index (χ2v) is 8.79. The molecule has 0 spiro atoms. The fourth-order valence-electron chi connectivity index (χ4n) is 4.90. The van der Waals surface area contributed by atoms with E-state index in [0.717, 1.165) is 59.6 Å². The Balaban J connectivity index is 1.51. The van der Waals surface area contributed by atoms with Crippen LogP contribution < -0.4 is 15.1 Å². The molecule has 0 aromatic carbocycles. The van der Waals surface area contributed by atoms with E-state index in [1.807, 2.05) is 18.3 Å². The number of anilines is 2. The van der Waals surface area contributed by atoms with Crippen molar-refractivity contribution in [3.05, 3.63) is 41.1 Å². The molecule has 3 aromatic heterocycles. The molecule has 2 aliphatic heterocycles. The molecule has 0 saturated carbocycles. The van der Waals surface area contributed by atoms with E-state index in [1.54, 1.807) is 13.4 Å². The third-order valence-corrected chi connectivity index (χ3v) is 6.68. The summed E-state index contributed by atoms with van der Waals surface area (Å²) in [6, 6.07) is 4.23. The number of fused-ring (bicyclic) bond motifs is 2. The van der Waals surface area contributed by atoms with Crippen LogP contribution in [0.5, 0.6) is 0 Å². The van der Waals surface area contributed by atoms with Crippen LogP contribution in [-0.2, 0) is 17.8 Å². The van der Waals surface area contributed by atoms with Crippen molar-refractivity contribution in [1.82, 2.24) is 25.3 Å². The van der Waals surface area contributed by atoms with Gasteiger partial charge in [0, 0.05) is 56.3 Å². The highest BCUT2D eigenvalue weighted by molar-refractivity contribution is 6.30. The third kappa shape index (κ3) is 3.59. The quantitative estimate of drug-likeness (QED) is 0.610. The molecule has 0 aliphatic carbocycles. The van der Waals surface area contributed by atoms with Gasteiger partial charge in [-0.25, -0.2) is 15.0 Å². The number of carbonyl (C=O) groups is 1. The van der Waals surface area contributed by atoms with Crippen molar-refractivity contribution in [2.75, 3.05) is 29.9 Å². The topological polar surface area (TPSA) is 90.0 Å². The molecular formula is C22H26ClN7O. The first-order chi connectivity index (χ1) is 15.0. The molecule has 5 heterocycles. The summed E-state index contributed by atoms with van der Waals surface area (Å²) in [5.41, 5.74) is 4.07. The van der Waals surface area contributed by atoms with Crippen molar-refractivity contribution in [3.63, 3.8) is 0 Å². The molecule has 1 fully saturated rings. The average molecular weight is 440 g/mol. The number of hydrogen-bond donors (Lipinski definition) is 2. The van der Waals surface area contributed by atoms with Gasteiger partial charge in [0.25, 0.3) is 0 Å². The third-order valence-electron chi connectivity index (χ3n) is 6.48.